The largest absolute Gasteiger partial charge is 0.321 e. The Labute approximate surface area is 91.6 Å². The van der Waals surface area contributed by atoms with E-state index in [-0.39, 0.29) is 0 Å². The summed E-state index contributed by atoms with van der Waals surface area (Å²) in [4.78, 5) is 0. The van der Waals surface area contributed by atoms with Crippen molar-refractivity contribution < 1.29 is 0 Å². The van der Waals surface area contributed by atoms with Crippen LogP contribution in [-0.4, -0.2) is 14.1 Å². The molecular formula is C12H19N3. The van der Waals surface area contributed by atoms with Crippen LogP contribution in [0, 0.1) is 0 Å². The van der Waals surface area contributed by atoms with Crippen molar-refractivity contribution in [3.8, 4) is 0 Å². The van der Waals surface area contributed by atoms with Gasteiger partial charge >= 0.3 is 0 Å². The quantitative estimate of drug-likeness (QED) is 0.637. The molecule has 0 amide bonds. The predicted octanol–water partition coefficient (Wildman–Crippen LogP) is 1.49. The van der Waals surface area contributed by atoms with E-state index in [9.17, 15) is 0 Å². The van der Waals surface area contributed by atoms with Crippen LogP contribution in [0.25, 0.3) is 5.70 Å². The van der Waals surface area contributed by atoms with E-state index in [1.807, 2.05) is 27.1 Å². The Morgan fingerprint density at radius 2 is 1.87 bits per heavy atom. The van der Waals surface area contributed by atoms with Gasteiger partial charge < -0.3 is 10.7 Å². The average Bonchev–Trinajstić information content (AvgIpc) is 2.28. The second kappa shape index (κ2) is 6.22. The lowest BCUT2D eigenvalue weighted by atomic mass is 10.1. The molecule has 0 radical (unpaired) electrons. The average molecular weight is 205 g/mol. The van der Waals surface area contributed by atoms with E-state index in [0.717, 1.165) is 12.2 Å². The highest BCUT2D eigenvalue weighted by molar-refractivity contribution is 5.63. The van der Waals surface area contributed by atoms with Gasteiger partial charge in [-0.1, -0.05) is 30.3 Å². The van der Waals surface area contributed by atoms with Gasteiger partial charge in [0.15, 0.2) is 0 Å². The monoisotopic (exact) mass is 205 g/mol. The molecule has 82 valence electrons. The maximum absolute atomic E-state index is 3.13. The molecule has 3 heteroatoms. The van der Waals surface area contributed by atoms with E-state index in [2.05, 4.69) is 40.4 Å². The Morgan fingerprint density at radius 1 is 1.20 bits per heavy atom. The lowest BCUT2D eigenvalue weighted by molar-refractivity contribution is 0.747. The SMILES string of the molecule is C/C=C(\NNC)c1ccc(CNC)cc1. The molecule has 0 saturated heterocycles. The number of hydrogen-bond donors (Lipinski definition) is 3. The topological polar surface area (TPSA) is 36.1 Å². The molecule has 0 saturated carbocycles. The van der Waals surface area contributed by atoms with Gasteiger partial charge in [0, 0.05) is 13.6 Å². The molecule has 0 spiro atoms. The highest BCUT2D eigenvalue weighted by Crippen LogP contribution is 2.11. The second-order valence-electron chi connectivity index (χ2n) is 3.30. The fraction of sp³-hybridized carbons (Fsp3) is 0.333. The Hall–Kier alpha value is -1.32. The van der Waals surface area contributed by atoms with Gasteiger partial charge in [0.2, 0.25) is 0 Å². The number of nitrogens with one attached hydrogen (secondary N) is 3. The van der Waals surface area contributed by atoms with Gasteiger partial charge in [-0.3, -0.25) is 0 Å². The second-order valence-corrected chi connectivity index (χ2v) is 3.30. The molecule has 0 aliphatic rings. The first kappa shape index (κ1) is 11.8. The first-order valence-electron chi connectivity index (χ1n) is 5.14. The zero-order valence-electron chi connectivity index (χ0n) is 9.59. The van der Waals surface area contributed by atoms with Gasteiger partial charge in [0.1, 0.15) is 0 Å². The van der Waals surface area contributed by atoms with Gasteiger partial charge in [0.05, 0.1) is 5.70 Å². The maximum atomic E-state index is 3.13. The molecular weight excluding hydrogens is 186 g/mol. The summed E-state index contributed by atoms with van der Waals surface area (Å²) in [5, 5.41) is 3.13. The molecule has 0 bridgehead atoms. The van der Waals surface area contributed by atoms with Crippen LogP contribution in [0.3, 0.4) is 0 Å². The van der Waals surface area contributed by atoms with Crippen molar-refractivity contribution in [2.24, 2.45) is 0 Å². The third kappa shape index (κ3) is 3.38. The van der Waals surface area contributed by atoms with Crippen LogP contribution in [0.4, 0.5) is 0 Å². The lowest BCUT2D eigenvalue weighted by Gasteiger charge is -2.10. The molecule has 1 aromatic rings. The van der Waals surface area contributed by atoms with Gasteiger partial charge in [-0.2, -0.15) is 0 Å². The molecule has 15 heavy (non-hydrogen) atoms. The Bertz CT molecular complexity index is 314. The molecule has 0 heterocycles. The van der Waals surface area contributed by atoms with Crippen molar-refractivity contribution in [3.05, 3.63) is 41.5 Å². The van der Waals surface area contributed by atoms with Gasteiger partial charge in [0.25, 0.3) is 0 Å². The lowest BCUT2D eigenvalue weighted by Crippen LogP contribution is -2.25. The fourth-order valence-corrected chi connectivity index (χ4v) is 1.45. The number of hydrogen-bond acceptors (Lipinski definition) is 3. The minimum absolute atomic E-state index is 0.908. The summed E-state index contributed by atoms with van der Waals surface area (Å²) in [5.74, 6) is 0. The van der Waals surface area contributed by atoms with Crippen LogP contribution in [-0.2, 0) is 6.54 Å². The number of hydrazine groups is 1. The fourth-order valence-electron chi connectivity index (χ4n) is 1.45. The van der Waals surface area contributed by atoms with E-state index in [1.165, 1.54) is 11.1 Å². The molecule has 0 atom stereocenters. The summed E-state index contributed by atoms with van der Waals surface area (Å²) in [6.45, 7) is 2.92. The maximum Gasteiger partial charge on any atom is 0.0517 e. The van der Waals surface area contributed by atoms with Crippen LogP contribution in [0.2, 0.25) is 0 Å². The molecule has 0 aliphatic heterocycles. The summed E-state index contributed by atoms with van der Waals surface area (Å²) in [6, 6.07) is 8.50. The van der Waals surface area contributed by atoms with E-state index in [1.54, 1.807) is 0 Å². The van der Waals surface area contributed by atoms with Crippen molar-refractivity contribution in [1.29, 1.82) is 0 Å². The van der Waals surface area contributed by atoms with Crippen molar-refractivity contribution in [3.63, 3.8) is 0 Å². The standard InChI is InChI=1S/C12H19N3/c1-4-12(15-14-3)11-7-5-10(6-8-11)9-13-2/h4-8,13-15H,9H2,1-3H3/b12-4-. The predicted molar refractivity (Wildman–Crippen MR) is 65.1 cm³/mol. The normalized spacial score (nSPS) is 11.5. The highest BCUT2D eigenvalue weighted by Gasteiger charge is 1.98. The summed E-state index contributed by atoms with van der Waals surface area (Å²) >= 11 is 0. The third-order valence-electron chi connectivity index (χ3n) is 2.19. The van der Waals surface area contributed by atoms with Crippen LogP contribution < -0.4 is 16.2 Å². The van der Waals surface area contributed by atoms with Gasteiger partial charge in [-0.25, -0.2) is 5.43 Å². The first-order valence-corrected chi connectivity index (χ1v) is 5.14. The third-order valence-corrected chi connectivity index (χ3v) is 2.19. The Balaban J connectivity index is 2.78. The summed E-state index contributed by atoms with van der Waals surface area (Å²) in [6.07, 6.45) is 2.05. The van der Waals surface area contributed by atoms with Crippen molar-refractivity contribution in [2.75, 3.05) is 14.1 Å². The van der Waals surface area contributed by atoms with Gasteiger partial charge in [-0.05, 0) is 25.1 Å². The summed E-state index contributed by atoms with van der Waals surface area (Å²) in [7, 11) is 3.81. The van der Waals surface area contributed by atoms with Crippen LogP contribution in [0.1, 0.15) is 18.1 Å². The van der Waals surface area contributed by atoms with Crippen LogP contribution in [0.5, 0.6) is 0 Å². The van der Waals surface area contributed by atoms with Crippen molar-refractivity contribution >= 4 is 5.70 Å². The van der Waals surface area contributed by atoms with E-state index < -0.39 is 0 Å². The number of rotatable bonds is 5. The van der Waals surface area contributed by atoms with Crippen LogP contribution in [0.15, 0.2) is 30.3 Å². The molecule has 0 unspecified atom stereocenters. The molecule has 3 nitrogen and oxygen atoms in total. The summed E-state index contributed by atoms with van der Waals surface area (Å²) < 4.78 is 0. The van der Waals surface area contributed by atoms with Crippen molar-refractivity contribution in [1.82, 2.24) is 16.2 Å². The molecule has 3 N–H and O–H groups in total. The van der Waals surface area contributed by atoms with Crippen molar-refractivity contribution in [2.45, 2.75) is 13.5 Å². The van der Waals surface area contributed by atoms with Crippen LogP contribution >= 0.6 is 0 Å². The van der Waals surface area contributed by atoms with E-state index in [4.69, 9.17) is 0 Å². The highest BCUT2D eigenvalue weighted by atomic mass is 15.3. The number of benzene rings is 1. The van der Waals surface area contributed by atoms with E-state index >= 15 is 0 Å². The Morgan fingerprint density at radius 3 is 2.33 bits per heavy atom. The zero-order chi connectivity index (χ0) is 11.1. The zero-order valence-corrected chi connectivity index (χ0v) is 9.59. The molecule has 0 aromatic heterocycles. The van der Waals surface area contributed by atoms with Gasteiger partial charge in [-0.15, -0.1) is 0 Å². The summed E-state index contributed by atoms with van der Waals surface area (Å²) in [5.41, 5.74) is 9.59. The minimum atomic E-state index is 0.908. The number of allylic oxidation sites excluding steroid dienone is 1. The Kier molecular flexibility index (Phi) is 4.87. The minimum Gasteiger partial charge on any atom is -0.321 e. The molecule has 0 fully saturated rings. The molecule has 0 aliphatic carbocycles. The first-order chi connectivity index (χ1) is 7.31. The smallest absolute Gasteiger partial charge is 0.0517 e. The van der Waals surface area contributed by atoms with E-state index in [0.29, 0.717) is 0 Å². The molecule has 1 aromatic carbocycles. The molecule has 1 rings (SSSR count).